The van der Waals surface area contributed by atoms with Crippen molar-refractivity contribution in [1.29, 1.82) is 0 Å². The van der Waals surface area contributed by atoms with E-state index in [0.29, 0.717) is 38.0 Å². The molecular weight excluding hydrogens is 387 g/mol. The van der Waals surface area contributed by atoms with E-state index in [2.05, 4.69) is 20.4 Å². The van der Waals surface area contributed by atoms with Crippen LogP contribution in [0, 0.1) is 12.8 Å². The number of hydrogen-bond acceptors (Lipinski definition) is 4. The number of benzene rings is 1. The first-order valence-electron chi connectivity index (χ1n) is 9.76. The molecule has 1 aromatic rings. The lowest BCUT2D eigenvalue weighted by Crippen LogP contribution is -2.37. The second-order valence-electron chi connectivity index (χ2n) is 7.03. The summed E-state index contributed by atoms with van der Waals surface area (Å²) in [5, 5.41) is 6.27. The SMILES string of the molecule is CN=C(NCCCOCC(F)(F)F)NCc1ccc(C)cc1OCC1CCOC1. The minimum atomic E-state index is -4.29. The number of nitrogens with zero attached hydrogens (tertiary/aromatic N) is 1. The first-order chi connectivity index (χ1) is 13.9. The van der Waals surface area contributed by atoms with Gasteiger partial charge in [-0.3, -0.25) is 4.99 Å². The molecule has 0 spiro atoms. The molecule has 2 rings (SSSR count). The predicted molar refractivity (Wildman–Crippen MR) is 105 cm³/mol. The van der Waals surface area contributed by atoms with Crippen LogP contribution in [-0.2, 0) is 16.0 Å². The highest BCUT2D eigenvalue weighted by Gasteiger charge is 2.27. The van der Waals surface area contributed by atoms with Gasteiger partial charge in [-0.1, -0.05) is 12.1 Å². The van der Waals surface area contributed by atoms with Gasteiger partial charge in [-0.2, -0.15) is 13.2 Å². The van der Waals surface area contributed by atoms with Gasteiger partial charge >= 0.3 is 6.18 Å². The lowest BCUT2D eigenvalue weighted by atomic mass is 10.1. The van der Waals surface area contributed by atoms with E-state index in [1.165, 1.54) is 0 Å². The van der Waals surface area contributed by atoms with Gasteiger partial charge in [-0.15, -0.1) is 0 Å². The molecule has 0 radical (unpaired) electrons. The first-order valence-corrected chi connectivity index (χ1v) is 9.76. The predicted octanol–water partition coefficient (Wildman–Crippen LogP) is 3.04. The van der Waals surface area contributed by atoms with Crippen LogP contribution in [0.15, 0.2) is 23.2 Å². The van der Waals surface area contributed by atoms with Crippen LogP contribution in [0.5, 0.6) is 5.75 Å². The number of alkyl halides is 3. The average molecular weight is 417 g/mol. The lowest BCUT2D eigenvalue weighted by Gasteiger charge is -2.17. The van der Waals surface area contributed by atoms with Gasteiger partial charge in [0.1, 0.15) is 12.4 Å². The van der Waals surface area contributed by atoms with Crippen molar-refractivity contribution in [2.75, 3.05) is 46.6 Å². The van der Waals surface area contributed by atoms with E-state index >= 15 is 0 Å². The lowest BCUT2D eigenvalue weighted by molar-refractivity contribution is -0.173. The van der Waals surface area contributed by atoms with Crippen molar-refractivity contribution in [1.82, 2.24) is 10.6 Å². The number of hydrogen-bond donors (Lipinski definition) is 2. The Labute approximate surface area is 169 Å². The van der Waals surface area contributed by atoms with E-state index in [0.717, 1.165) is 36.5 Å². The van der Waals surface area contributed by atoms with Crippen LogP contribution < -0.4 is 15.4 Å². The molecule has 29 heavy (non-hydrogen) atoms. The highest BCUT2D eigenvalue weighted by molar-refractivity contribution is 5.79. The Bertz CT molecular complexity index is 648. The molecule has 164 valence electrons. The van der Waals surface area contributed by atoms with Crippen LogP contribution in [0.25, 0.3) is 0 Å². The van der Waals surface area contributed by atoms with Crippen LogP contribution in [-0.4, -0.2) is 58.8 Å². The van der Waals surface area contributed by atoms with E-state index in [1.807, 2.05) is 25.1 Å². The Morgan fingerprint density at radius 2 is 2.14 bits per heavy atom. The van der Waals surface area contributed by atoms with Crippen molar-refractivity contribution >= 4 is 5.96 Å². The quantitative estimate of drug-likeness (QED) is 0.348. The van der Waals surface area contributed by atoms with Gasteiger partial charge in [-0.25, -0.2) is 0 Å². The van der Waals surface area contributed by atoms with E-state index in [1.54, 1.807) is 7.05 Å². The van der Waals surface area contributed by atoms with E-state index < -0.39 is 12.8 Å². The summed E-state index contributed by atoms with van der Waals surface area (Å²) in [5.74, 6) is 1.82. The third-order valence-electron chi connectivity index (χ3n) is 4.41. The van der Waals surface area contributed by atoms with Gasteiger partial charge in [0.2, 0.25) is 0 Å². The summed E-state index contributed by atoms with van der Waals surface area (Å²) < 4.78 is 52.1. The zero-order chi connectivity index (χ0) is 21.1. The molecule has 1 unspecified atom stereocenters. The topological polar surface area (TPSA) is 64.1 Å². The zero-order valence-electron chi connectivity index (χ0n) is 17.0. The first kappa shape index (κ1) is 23.3. The molecule has 0 bridgehead atoms. The summed E-state index contributed by atoms with van der Waals surface area (Å²) in [6, 6.07) is 6.05. The fourth-order valence-corrected chi connectivity index (χ4v) is 2.83. The number of halogens is 3. The second-order valence-corrected chi connectivity index (χ2v) is 7.03. The minimum Gasteiger partial charge on any atom is -0.493 e. The van der Waals surface area contributed by atoms with Crippen molar-refractivity contribution in [3.8, 4) is 5.75 Å². The van der Waals surface area contributed by atoms with E-state index in [-0.39, 0.29) is 6.61 Å². The van der Waals surface area contributed by atoms with Gasteiger partial charge < -0.3 is 24.8 Å². The molecule has 2 N–H and O–H groups in total. The molecule has 6 nitrogen and oxygen atoms in total. The van der Waals surface area contributed by atoms with Gasteiger partial charge in [0, 0.05) is 44.8 Å². The zero-order valence-corrected chi connectivity index (χ0v) is 17.0. The van der Waals surface area contributed by atoms with Crippen molar-refractivity contribution in [3.05, 3.63) is 29.3 Å². The fourth-order valence-electron chi connectivity index (χ4n) is 2.83. The van der Waals surface area contributed by atoms with Crippen LogP contribution in [0.1, 0.15) is 24.0 Å². The number of nitrogens with one attached hydrogen (secondary N) is 2. The maximum Gasteiger partial charge on any atom is 0.411 e. The van der Waals surface area contributed by atoms with Gasteiger partial charge in [0.25, 0.3) is 0 Å². The number of rotatable bonds is 10. The number of aliphatic imine (C=N–C) groups is 1. The van der Waals surface area contributed by atoms with Crippen LogP contribution >= 0.6 is 0 Å². The molecule has 1 aromatic carbocycles. The summed E-state index contributed by atoms with van der Waals surface area (Å²) in [7, 11) is 1.64. The Hall–Kier alpha value is -2.00. The smallest absolute Gasteiger partial charge is 0.411 e. The van der Waals surface area contributed by atoms with Crippen molar-refractivity contribution < 1.29 is 27.4 Å². The standard InChI is InChI=1S/C20H30F3N3O3/c1-15-4-5-17(18(10-15)29-13-16-6-9-27-12-16)11-26-19(24-2)25-7-3-8-28-14-20(21,22)23/h4-5,10,16H,3,6-9,11-14H2,1-2H3,(H2,24,25,26). The molecule has 0 saturated carbocycles. The largest absolute Gasteiger partial charge is 0.493 e. The molecule has 0 aromatic heterocycles. The summed E-state index contributed by atoms with van der Waals surface area (Å²) >= 11 is 0. The van der Waals surface area contributed by atoms with Gasteiger partial charge in [0.05, 0.1) is 13.2 Å². The molecule has 1 aliphatic heterocycles. The Morgan fingerprint density at radius 3 is 2.83 bits per heavy atom. The van der Waals surface area contributed by atoms with Crippen LogP contribution in [0.2, 0.25) is 0 Å². The molecule has 1 saturated heterocycles. The Kier molecular flexibility index (Phi) is 9.53. The van der Waals surface area contributed by atoms with Crippen molar-refractivity contribution in [2.45, 2.75) is 32.5 Å². The highest BCUT2D eigenvalue weighted by Crippen LogP contribution is 2.22. The maximum absolute atomic E-state index is 12.0. The number of aryl methyl sites for hydroxylation is 1. The molecule has 1 heterocycles. The molecule has 9 heteroatoms. The van der Waals surface area contributed by atoms with Crippen LogP contribution in [0.3, 0.4) is 0 Å². The van der Waals surface area contributed by atoms with Crippen molar-refractivity contribution in [2.24, 2.45) is 10.9 Å². The highest BCUT2D eigenvalue weighted by atomic mass is 19.4. The summed E-state index contributed by atoms with van der Waals surface area (Å²) in [6.07, 6.45) is -2.83. The molecule has 0 aliphatic carbocycles. The summed E-state index contributed by atoms with van der Waals surface area (Å²) in [5.41, 5.74) is 2.12. The molecule has 1 atom stereocenters. The molecule has 1 aliphatic rings. The Morgan fingerprint density at radius 1 is 1.31 bits per heavy atom. The summed E-state index contributed by atoms with van der Waals surface area (Å²) in [4.78, 5) is 4.13. The van der Waals surface area contributed by atoms with Gasteiger partial charge in [-0.05, 0) is 31.4 Å². The monoisotopic (exact) mass is 417 g/mol. The fraction of sp³-hybridized carbons (Fsp3) is 0.650. The van der Waals surface area contributed by atoms with Crippen LogP contribution in [0.4, 0.5) is 13.2 Å². The Balaban J connectivity index is 1.75. The second kappa shape index (κ2) is 11.9. The molecule has 1 fully saturated rings. The molecule has 0 amide bonds. The third-order valence-corrected chi connectivity index (χ3v) is 4.41. The maximum atomic E-state index is 12.0. The third kappa shape index (κ3) is 9.36. The van der Waals surface area contributed by atoms with E-state index in [9.17, 15) is 13.2 Å². The number of ether oxygens (including phenoxy) is 3. The normalized spacial score (nSPS) is 17.4. The average Bonchev–Trinajstić information content (AvgIpc) is 3.19. The van der Waals surface area contributed by atoms with Crippen molar-refractivity contribution in [3.63, 3.8) is 0 Å². The van der Waals surface area contributed by atoms with E-state index in [4.69, 9.17) is 9.47 Å². The minimum absolute atomic E-state index is 0.0321. The molecular formula is C20H30F3N3O3. The summed E-state index contributed by atoms with van der Waals surface area (Å²) in [6.45, 7) is 3.96. The number of guanidine groups is 1. The van der Waals surface area contributed by atoms with Gasteiger partial charge in [0.15, 0.2) is 5.96 Å².